The van der Waals surface area contributed by atoms with Gasteiger partial charge in [0.2, 0.25) is 11.8 Å². The van der Waals surface area contributed by atoms with Crippen molar-refractivity contribution in [1.82, 2.24) is 15.1 Å². The number of piperazine rings is 1. The van der Waals surface area contributed by atoms with Gasteiger partial charge in [0.15, 0.2) is 5.78 Å². The molecule has 0 spiro atoms. The SMILES string of the molecule is CC(C)(C)Oc1cc(C(=O)CC(N)=O)ccc1C1=N[C@@H](c2ccc(Cl)cc2)[C@@H](c2cccs2)N1C(=O)N1CCNC(=O)C1. The summed E-state index contributed by atoms with van der Waals surface area (Å²) in [4.78, 5) is 60.1. The van der Waals surface area contributed by atoms with Crippen LogP contribution in [0.2, 0.25) is 5.02 Å². The Morgan fingerprint density at radius 1 is 1.14 bits per heavy atom. The maximum atomic E-state index is 14.4. The van der Waals surface area contributed by atoms with Gasteiger partial charge in [0.1, 0.15) is 35.8 Å². The number of carbonyl (C=O) groups excluding carboxylic acids is 4. The number of nitrogens with one attached hydrogen (secondary N) is 1. The molecule has 0 radical (unpaired) electrons. The summed E-state index contributed by atoms with van der Waals surface area (Å²) in [7, 11) is 0. The van der Waals surface area contributed by atoms with Gasteiger partial charge in [-0.15, -0.1) is 11.3 Å². The number of Topliss-reactive ketones (excluding diaryl/α,β-unsaturated/α-hetero) is 1. The number of primary amides is 1. The van der Waals surface area contributed by atoms with E-state index in [4.69, 9.17) is 27.1 Å². The van der Waals surface area contributed by atoms with Crippen molar-refractivity contribution in [2.75, 3.05) is 19.6 Å². The summed E-state index contributed by atoms with van der Waals surface area (Å²) in [5, 5.41) is 5.28. The molecule has 0 saturated carbocycles. The van der Waals surface area contributed by atoms with E-state index in [0.717, 1.165) is 10.4 Å². The van der Waals surface area contributed by atoms with E-state index >= 15 is 0 Å². The number of halogens is 1. The van der Waals surface area contributed by atoms with Crippen LogP contribution < -0.4 is 15.8 Å². The number of urea groups is 1. The molecule has 43 heavy (non-hydrogen) atoms. The van der Waals surface area contributed by atoms with Gasteiger partial charge in [0, 0.05) is 28.6 Å². The predicted octanol–water partition coefficient (Wildman–Crippen LogP) is 4.73. The molecule has 12 heteroatoms. The Kier molecular flexibility index (Phi) is 8.57. The lowest BCUT2D eigenvalue weighted by Crippen LogP contribution is -2.55. The number of nitrogens with two attached hydrogens (primary N) is 1. The molecule has 1 aromatic heterocycles. The van der Waals surface area contributed by atoms with Gasteiger partial charge < -0.3 is 20.7 Å². The molecule has 10 nitrogen and oxygen atoms in total. The largest absolute Gasteiger partial charge is 0.487 e. The third kappa shape index (κ3) is 6.73. The first-order chi connectivity index (χ1) is 20.4. The summed E-state index contributed by atoms with van der Waals surface area (Å²) < 4.78 is 6.33. The Hall–Kier alpha value is -4.22. The summed E-state index contributed by atoms with van der Waals surface area (Å²) in [6, 6.07) is 14.6. The molecule has 3 heterocycles. The number of ketones is 1. The van der Waals surface area contributed by atoms with Crippen LogP contribution in [0.25, 0.3) is 0 Å². The quantitative estimate of drug-likeness (QED) is 0.290. The average Bonchev–Trinajstić information content (AvgIpc) is 3.60. The fourth-order valence-electron chi connectivity index (χ4n) is 5.11. The third-order valence-electron chi connectivity index (χ3n) is 6.92. The fourth-order valence-corrected chi connectivity index (χ4v) is 6.09. The highest BCUT2D eigenvalue weighted by Crippen LogP contribution is 2.46. The number of hydrogen-bond donors (Lipinski definition) is 2. The van der Waals surface area contributed by atoms with Crippen molar-refractivity contribution in [2.45, 2.75) is 44.9 Å². The van der Waals surface area contributed by atoms with E-state index in [0.29, 0.717) is 35.3 Å². The minimum Gasteiger partial charge on any atom is -0.487 e. The monoisotopic (exact) mass is 621 g/mol. The van der Waals surface area contributed by atoms with Crippen LogP contribution in [0, 0.1) is 0 Å². The molecule has 2 aliphatic rings. The summed E-state index contributed by atoms with van der Waals surface area (Å²) in [5.74, 6) is -0.776. The van der Waals surface area contributed by atoms with Crippen LogP contribution in [0.5, 0.6) is 5.75 Å². The lowest BCUT2D eigenvalue weighted by molar-refractivity contribution is -0.123. The Balaban J connectivity index is 1.69. The van der Waals surface area contributed by atoms with Crippen molar-refractivity contribution in [1.29, 1.82) is 0 Å². The molecular weight excluding hydrogens is 590 g/mol. The van der Waals surface area contributed by atoms with Crippen LogP contribution in [0.1, 0.15) is 65.6 Å². The molecule has 224 valence electrons. The van der Waals surface area contributed by atoms with Gasteiger partial charge in [-0.05, 0) is 62.0 Å². The highest BCUT2D eigenvalue weighted by molar-refractivity contribution is 7.10. The minimum absolute atomic E-state index is 0.0860. The van der Waals surface area contributed by atoms with Crippen LogP contribution in [-0.4, -0.2) is 64.5 Å². The second kappa shape index (κ2) is 12.2. The first kappa shape index (κ1) is 30.2. The summed E-state index contributed by atoms with van der Waals surface area (Å²) >= 11 is 7.71. The van der Waals surface area contributed by atoms with Crippen molar-refractivity contribution in [3.63, 3.8) is 0 Å². The molecule has 4 amide bonds. The Labute approximate surface area is 258 Å². The average molecular weight is 622 g/mol. The van der Waals surface area contributed by atoms with E-state index in [-0.39, 0.29) is 24.0 Å². The summed E-state index contributed by atoms with van der Waals surface area (Å²) in [6.45, 7) is 6.19. The number of benzene rings is 2. The third-order valence-corrected chi connectivity index (χ3v) is 8.12. The molecule has 0 aliphatic carbocycles. The van der Waals surface area contributed by atoms with Crippen molar-refractivity contribution in [3.05, 3.63) is 86.6 Å². The van der Waals surface area contributed by atoms with Crippen LogP contribution in [0.3, 0.4) is 0 Å². The van der Waals surface area contributed by atoms with Crippen molar-refractivity contribution >= 4 is 52.4 Å². The Morgan fingerprint density at radius 2 is 1.88 bits per heavy atom. The van der Waals surface area contributed by atoms with Gasteiger partial charge in [-0.3, -0.25) is 24.3 Å². The highest BCUT2D eigenvalue weighted by Gasteiger charge is 2.45. The van der Waals surface area contributed by atoms with Crippen molar-refractivity contribution in [3.8, 4) is 5.75 Å². The lowest BCUT2D eigenvalue weighted by atomic mass is 9.98. The van der Waals surface area contributed by atoms with E-state index in [9.17, 15) is 19.2 Å². The van der Waals surface area contributed by atoms with Crippen LogP contribution in [-0.2, 0) is 9.59 Å². The molecule has 5 rings (SSSR count). The number of aliphatic imine (C=N–C) groups is 1. The summed E-state index contributed by atoms with van der Waals surface area (Å²) in [5.41, 5.74) is 6.18. The van der Waals surface area contributed by atoms with E-state index < -0.39 is 35.8 Å². The zero-order valence-electron chi connectivity index (χ0n) is 24.0. The van der Waals surface area contributed by atoms with E-state index in [1.54, 1.807) is 35.2 Å². The Morgan fingerprint density at radius 3 is 2.51 bits per heavy atom. The van der Waals surface area contributed by atoms with Gasteiger partial charge >= 0.3 is 6.03 Å². The van der Waals surface area contributed by atoms with Gasteiger partial charge in [-0.1, -0.05) is 35.9 Å². The fraction of sp³-hybridized carbons (Fsp3) is 0.323. The van der Waals surface area contributed by atoms with Crippen LogP contribution in [0.15, 0.2) is 65.0 Å². The van der Waals surface area contributed by atoms with Crippen LogP contribution >= 0.6 is 22.9 Å². The number of ether oxygens (including phenoxy) is 1. The maximum Gasteiger partial charge on any atom is 0.326 e. The molecule has 0 bridgehead atoms. The Bertz CT molecular complexity index is 1580. The highest BCUT2D eigenvalue weighted by atomic mass is 35.5. The first-order valence-corrected chi connectivity index (χ1v) is 15.0. The van der Waals surface area contributed by atoms with Gasteiger partial charge in [-0.2, -0.15) is 0 Å². The number of carbonyl (C=O) groups is 4. The molecule has 1 saturated heterocycles. The minimum atomic E-state index is -0.737. The molecule has 2 atom stereocenters. The second-order valence-corrected chi connectivity index (χ2v) is 12.7. The smallest absolute Gasteiger partial charge is 0.326 e. The molecule has 2 aromatic carbocycles. The normalized spacial score (nSPS) is 18.7. The number of amides is 4. The van der Waals surface area contributed by atoms with Crippen molar-refractivity contribution in [2.24, 2.45) is 10.7 Å². The van der Waals surface area contributed by atoms with Gasteiger partial charge in [0.05, 0.1) is 12.0 Å². The molecule has 3 aromatic rings. The number of rotatable bonds is 7. The zero-order chi connectivity index (χ0) is 30.9. The molecule has 3 N–H and O–H groups in total. The number of amidine groups is 1. The van der Waals surface area contributed by atoms with Crippen LogP contribution in [0.4, 0.5) is 4.79 Å². The van der Waals surface area contributed by atoms with E-state index in [2.05, 4.69) is 5.32 Å². The first-order valence-electron chi connectivity index (χ1n) is 13.8. The van der Waals surface area contributed by atoms with E-state index in [1.807, 2.05) is 50.4 Å². The molecular formula is C31H32ClN5O5S. The molecule has 1 fully saturated rings. The summed E-state index contributed by atoms with van der Waals surface area (Å²) in [6.07, 6.45) is -0.448. The lowest BCUT2D eigenvalue weighted by Gasteiger charge is -2.35. The van der Waals surface area contributed by atoms with Gasteiger partial charge in [0.25, 0.3) is 0 Å². The van der Waals surface area contributed by atoms with Crippen molar-refractivity contribution < 1.29 is 23.9 Å². The molecule has 0 unspecified atom stereocenters. The number of hydrogen-bond acceptors (Lipinski definition) is 7. The predicted molar refractivity (Wildman–Crippen MR) is 165 cm³/mol. The number of nitrogens with zero attached hydrogens (tertiary/aromatic N) is 3. The number of thiophene rings is 1. The topological polar surface area (TPSA) is 134 Å². The van der Waals surface area contributed by atoms with Gasteiger partial charge in [-0.25, -0.2) is 4.79 Å². The second-order valence-electron chi connectivity index (χ2n) is 11.3. The zero-order valence-corrected chi connectivity index (χ0v) is 25.6. The maximum absolute atomic E-state index is 14.4. The van der Waals surface area contributed by atoms with E-state index in [1.165, 1.54) is 16.2 Å². The molecule has 2 aliphatic heterocycles. The standard InChI is InChI=1S/C31H32ClN5O5S/c1-31(2,3)42-23-15-19(22(38)16-25(33)39)8-11-21(23)29-35-27(18-6-9-20(32)10-7-18)28(24-5-4-14-43-24)37(29)30(41)36-13-12-34-26(40)17-36/h4-11,14-15,27-28H,12-13,16-17H2,1-3H3,(H2,33,39)(H,34,40)/t27-,28+/m0/s1.